The van der Waals surface area contributed by atoms with Gasteiger partial charge in [-0.15, -0.1) is 0 Å². The normalized spacial score (nSPS) is 20.0. The predicted octanol–water partition coefficient (Wildman–Crippen LogP) is 3.59. The summed E-state index contributed by atoms with van der Waals surface area (Å²) < 4.78 is 46.4. The Hall–Kier alpha value is -2.16. The summed E-state index contributed by atoms with van der Waals surface area (Å²) in [4.78, 5) is 12.9. The molecule has 30 heavy (non-hydrogen) atoms. The molecule has 1 saturated heterocycles. The molecular weight excluding hydrogens is 431 g/mol. The molecule has 0 bridgehead atoms. The van der Waals surface area contributed by atoms with Gasteiger partial charge in [0.2, 0.25) is 15.9 Å². The Bertz CT molecular complexity index is 1050. The van der Waals surface area contributed by atoms with Crippen molar-refractivity contribution in [1.82, 2.24) is 9.62 Å². The van der Waals surface area contributed by atoms with E-state index < -0.39 is 15.4 Å². The van der Waals surface area contributed by atoms with E-state index in [0.29, 0.717) is 24.9 Å². The molecular formula is C21H24ClFN2O4S. The van der Waals surface area contributed by atoms with Crippen molar-refractivity contribution in [2.45, 2.75) is 31.2 Å². The summed E-state index contributed by atoms with van der Waals surface area (Å²) in [5, 5.41) is 3.09. The molecule has 1 unspecified atom stereocenters. The van der Waals surface area contributed by atoms with E-state index in [1.54, 1.807) is 25.1 Å². The lowest BCUT2D eigenvalue weighted by atomic mass is 9.82. The highest BCUT2D eigenvalue weighted by atomic mass is 35.5. The SMILES string of the molecule is COc1ccc(Cl)cc1S(=O)(=O)N1CCCC(C)(C(=O)NCc2cccc(F)c2)C1. The van der Waals surface area contributed by atoms with Gasteiger partial charge in [0.05, 0.1) is 12.5 Å². The molecule has 1 heterocycles. The van der Waals surface area contributed by atoms with Gasteiger partial charge in [-0.25, -0.2) is 12.8 Å². The molecule has 0 spiro atoms. The average Bonchev–Trinajstić information content (AvgIpc) is 2.72. The molecule has 162 valence electrons. The molecule has 0 saturated carbocycles. The number of amides is 1. The van der Waals surface area contributed by atoms with Crippen molar-refractivity contribution in [3.05, 3.63) is 58.9 Å². The first-order valence-electron chi connectivity index (χ1n) is 9.52. The van der Waals surface area contributed by atoms with Crippen molar-refractivity contribution < 1.29 is 22.3 Å². The monoisotopic (exact) mass is 454 g/mol. The fourth-order valence-corrected chi connectivity index (χ4v) is 5.64. The molecule has 1 amide bonds. The number of halogens is 2. The van der Waals surface area contributed by atoms with Crippen LogP contribution in [-0.2, 0) is 21.4 Å². The maximum atomic E-state index is 13.3. The first-order chi connectivity index (χ1) is 14.2. The summed E-state index contributed by atoms with van der Waals surface area (Å²) in [6, 6.07) is 10.4. The maximum absolute atomic E-state index is 13.3. The number of piperidine rings is 1. The summed E-state index contributed by atoms with van der Waals surface area (Å²) in [7, 11) is -2.52. The third-order valence-corrected chi connectivity index (χ3v) is 7.40. The van der Waals surface area contributed by atoms with Gasteiger partial charge in [0.25, 0.3) is 0 Å². The number of rotatable bonds is 6. The van der Waals surface area contributed by atoms with Gasteiger partial charge in [-0.3, -0.25) is 4.79 Å². The highest BCUT2D eigenvalue weighted by Crippen LogP contribution is 2.36. The van der Waals surface area contributed by atoms with Crippen LogP contribution in [-0.4, -0.2) is 38.8 Å². The Morgan fingerprint density at radius 1 is 1.30 bits per heavy atom. The summed E-state index contributed by atoms with van der Waals surface area (Å²) in [6.45, 7) is 2.23. The molecule has 0 radical (unpaired) electrons. The molecule has 1 aliphatic rings. The minimum Gasteiger partial charge on any atom is -0.495 e. The number of carbonyl (C=O) groups is 1. The van der Waals surface area contributed by atoms with Crippen LogP contribution in [0.25, 0.3) is 0 Å². The van der Waals surface area contributed by atoms with Gasteiger partial charge < -0.3 is 10.1 Å². The lowest BCUT2D eigenvalue weighted by molar-refractivity contribution is -0.132. The van der Waals surface area contributed by atoms with E-state index in [4.69, 9.17) is 16.3 Å². The Balaban J connectivity index is 1.78. The van der Waals surface area contributed by atoms with Gasteiger partial charge in [0, 0.05) is 24.7 Å². The Morgan fingerprint density at radius 2 is 2.07 bits per heavy atom. The molecule has 0 aromatic heterocycles. The van der Waals surface area contributed by atoms with Crippen LogP contribution >= 0.6 is 11.6 Å². The molecule has 1 fully saturated rings. The highest BCUT2D eigenvalue weighted by molar-refractivity contribution is 7.89. The van der Waals surface area contributed by atoms with Crippen molar-refractivity contribution in [2.75, 3.05) is 20.2 Å². The molecule has 9 heteroatoms. The second kappa shape index (κ2) is 8.91. The second-order valence-corrected chi connectivity index (χ2v) is 9.95. The largest absolute Gasteiger partial charge is 0.495 e. The van der Waals surface area contributed by atoms with E-state index >= 15 is 0 Å². The van der Waals surface area contributed by atoms with Crippen molar-refractivity contribution in [3.8, 4) is 5.75 Å². The van der Waals surface area contributed by atoms with Crippen LogP contribution in [0, 0.1) is 11.2 Å². The van der Waals surface area contributed by atoms with Gasteiger partial charge in [-0.05, 0) is 55.7 Å². The molecule has 2 aromatic carbocycles. The number of hydrogen-bond acceptors (Lipinski definition) is 4. The summed E-state index contributed by atoms with van der Waals surface area (Å²) in [6.07, 6.45) is 1.08. The van der Waals surface area contributed by atoms with Crippen molar-refractivity contribution >= 4 is 27.5 Å². The van der Waals surface area contributed by atoms with Crippen LogP contribution in [0.15, 0.2) is 47.4 Å². The van der Waals surface area contributed by atoms with Crippen LogP contribution in [0.4, 0.5) is 4.39 Å². The van der Waals surface area contributed by atoms with Crippen LogP contribution in [0.2, 0.25) is 5.02 Å². The molecule has 1 aliphatic heterocycles. The molecule has 1 atom stereocenters. The van der Waals surface area contributed by atoms with Crippen molar-refractivity contribution in [1.29, 1.82) is 0 Å². The summed E-state index contributed by atoms with van der Waals surface area (Å²) in [5.41, 5.74) is -0.277. The van der Waals surface area contributed by atoms with Crippen LogP contribution in [0.1, 0.15) is 25.3 Å². The van der Waals surface area contributed by atoms with Crippen molar-refractivity contribution in [3.63, 3.8) is 0 Å². The number of ether oxygens (including phenoxy) is 1. The van der Waals surface area contributed by atoms with E-state index in [-0.39, 0.29) is 40.5 Å². The minimum atomic E-state index is -3.91. The Kier molecular flexibility index (Phi) is 6.69. The molecule has 3 rings (SSSR count). The maximum Gasteiger partial charge on any atom is 0.246 e. The lowest BCUT2D eigenvalue weighted by Gasteiger charge is -2.38. The smallest absolute Gasteiger partial charge is 0.246 e. The van der Waals surface area contributed by atoms with Crippen molar-refractivity contribution in [2.24, 2.45) is 5.41 Å². The first-order valence-corrected chi connectivity index (χ1v) is 11.3. The van der Waals surface area contributed by atoms with Crippen LogP contribution < -0.4 is 10.1 Å². The zero-order chi connectivity index (χ0) is 21.9. The number of carbonyl (C=O) groups excluding carboxylic acids is 1. The average molecular weight is 455 g/mol. The highest BCUT2D eigenvalue weighted by Gasteiger charge is 2.42. The minimum absolute atomic E-state index is 0.0260. The van der Waals surface area contributed by atoms with E-state index in [1.165, 1.54) is 35.7 Å². The topological polar surface area (TPSA) is 75.7 Å². The van der Waals surface area contributed by atoms with E-state index in [0.717, 1.165) is 0 Å². The number of benzene rings is 2. The first kappa shape index (κ1) is 22.5. The lowest BCUT2D eigenvalue weighted by Crippen LogP contribution is -2.51. The standard InChI is InChI=1S/C21H24ClFN2O4S/c1-21(20(26)24-13-15-5-3-6-17(23)11-15)9-4-10-25(14-21)30(27,28)19-12-16(22)7-8-18(19)29-2/h3,5-8,11-12H,4,9-10,13-14H2,1-2H3,(H,24,26). The Morgan fingerprint density at radius 3 is 2.77 bits per heavy atom. The fraction of sp³-hybridized carbons (Fsp3) is 0.381. The van der Waals surface area contributed by atoms with Gasteiger partial charge in [-0.2, -0.15) is 4.31 Å². The van der Waals surface area contributed by atoms with Gasteiger partial charge in [0.1, 0.15) is 16.5 Å². The van der Waals surface area contributed by atoms with Crippen LogP contribution in [0.5, 0.6) is 5.75 Å². The number of nitrogens with one attached hydrogen (secondary N) is 1. The predicted molar refractivity (Wildman–Crippen MR) is 112 cm³/mol. The van der Waals surface area contributed by atoms with E-state index in [9.17, 15) is 17.6 Å². The zero-order valence-electron chi connectivity index (χ0n) is 16.8. The third-order valence-electron chi connectivity index (χ3n) is 5.30. The summed E-state index contributed by atoms with van der Waals surface area (Å²) >= 11 is 6.01. The molecule has 0 aliphatic carbocycles. The van der Waals surface area contributed by atoms with E-state index in [2.05, 4.69) is 5.32 Å². The van der Waals surface area contributed by atoms with E-state index in [1.807, 2.05) is 0 Å². The number of nitrogens with zero attached hydrogens (tertiary/aromatic N) is 1. The summed E-state index contributed by atoms with van der Waals surface area (Å²) in [5.74, 6) is -0.453. The van der Waals surface area contributed by atoms with Gasteiger partial charge >= 0.3 is 0 Å². The van der Waals surface area contributed by atoms with Gasteiger partial charge in [-0.1, -0.05) is 23.7 Å². The third kappa shape index (κ3) is 4.77. The quantitative estimate of drug-likeness (QED) is 0.723. The Labute approximate surface area is 181 Å². The molecule has 2 aromatic rings. The fourth-order valence-electron chi connectivity index (χ4n) is 3.62. The molecule has 6 nitrogen and oxygen atoms in total. The number of sulfonamides is 1. The van der Waals surface area contributed by atoms with Gasteiger partial charge in [0.15, 0.2) is 0 Å². The zero-order valence-corrected chi connectivity index (χ0v) is 18.4. The number of methoxy groups -OCH3 is 1. The number of hydrogen-bond donors (Lipinski definition) is 1. The molecule has 1 N–H and O–H groups in total. The second-order valence-electron chi connectivity index (χ2n) is 7.61. The van der Waals surface area contributed by atoms with Crippen LogP contribution in [0.3, 0.4) is 0 Å².